The number of hydrogen-bond donors (Lipinski definition) is 3. The van der Waals surface area contributed by atoms with Crippen molar-refractivity contribution in [3.63, 3.8) is 0 Å². The number of aliphatic hydroxyl groups is 1. The minimum absolute atomic E-state index is 0.0920. The molecule has 7 nitrogen and oxygen atoms in total. The van der Waals surface area contributed by atoms with Crippen LogP contribution in [0.1, 0.15) is 29.1 Å². The van der Waals surface area contributed by atoms with E-state index in [1.165, 1.54) is 11.3 Å². The summed E-state index contributed by atoms with van der Waals surface area (Å²) in [5, 5.41) is 14.6. The lowest BCUT2D eigenvalue weighted by Gasteiger charge is -2.32. The topological polar surface area (TPSA) is 94.6 Å². The molecule has 3 N–H and O–H groups in total. The third-order valence-electron chi connectivity index (χ3n) is 4.88. The molecule has 0 spiro atoms. The standard InChI is InChI=1S/C19H25F3N4O3S2/c1-26(2)10-14-11-30-18(25-14)9-24-31(28,29)17-7-13(19(20,21)22)3-4-16(17)23-8-12-5-15(27)6-12/h3-4,7,11-12,15,23-24,27H,5-6,8-10H2,1-2H3. The van der Waals surface area contributed by atoms with Gasteiger partial charge in [0.15, 0.2) is 0 Å². The van der Waals surface area contributed by atoms with Crippen LogP contribution in [0.2, 0.25) is 0 Å². The van der Waals surface area contributed by atoms with E-state index in [9.17, 15) is 26.7 Å². The van der Waals surface area contributed by atoms with E-state index >= 15 is 0 Å². The van der Waals surface area contributed by atoms with Crippen LogP contribution in [-0.2, 0) is 29.3 Å². The normalized spacial score (nSPS) is 19.5. The highest BCUT2D eigenvalue weighted by molar-refractivity contribution is 7.89. The lowest BCUT2D eigenvalue weighted by Crippen LogP contribution is -2.33. The molecule has 1 aliphatic carbocycles. The Hall–Kier alpha value is -1.73. The van der Waals surface area contributed by atoms with Gasteiger partial charge in [0.2, 0.25) is 10.0 Å². The largest absolute Gasteiger partial charge is 0.416 e. The molecular formula is C19H25F3N4O3S2. The molecule has 172 valence electrons. The number of hydrogen-bond acceptors (Lipinski definition) is 7. The van der Waals surface area contributed by atoms with Gasteiger partial charge in [-0.3, -0.25) is 0 Å². The maximum Gasteiger partial charge on any atom is 0.416 e. The number of alkyl halides is 3. The van der Waals surface area contributed by atoms with Crippen LogP contribution in [0.5, 0.6) is 0 Å². The highest BCUT2D eigenvalue weighted by Crippen LogP contribution is 2.34. The molecule has 0 aliphatic heterocycles. The van der Waals surface area contributed by atoms with Gasteiger partial charge in [-0.1, -0.05) is 0 Å². The molecule has 12 heteroatoms. The number of rotatable bonds is 9. The molecule has 1 aliphatic rings. The van der Waals surface area contributed by atoms with Crippen molar-refractivity contribution in [2.24, 2.45) is 5.92 Å². The Bertz CT molecular complexity index is 1000. The van der Waals surface area contributed by atoms with Gasteiger partial charge in [0.05, 0.1) is 29.6 Å². The van der Waals surface area contributed by atoms with Crippen LogP contribution in [0.4, 0.5) is 18.9 Å². The molecule has 1 fully saturated rings. The van der Waals surface area contributed by atoms with Crippen LogP contribution >= 0.6 is 11.3 Å². The Labute approximate surface area is 183 Å². The molecule has 1 aromatic heterocycles. The van der Waals surface area contributed by atoms with Crippen LogP contribution in [-0.4, -0.2) is 50.2 Å². The van der Waals surface area contributed by atoms with Crippen LogP contribution in [0.3, 0.4) is 0 Å². The lowest BCUT2D eigenvalue weighted by atomic mass is 9.82. The van der Waals surface area contributed by atoms with Gasteiger partial charge >= 0.3 is 6.18 Å². The number of sulfonamides is 1. The first kappa shape index (κ1) is 23.9. The van der Waals surface area contributed by atoms with Crippen molar-refractivity contribution in [1.29, 1.82) is 0 Å². The van der Waals surface area contributed by atoms with E-state index in [1.807, 2.05) is 24.4 Å². The summed E-state index contributed by atoms with van der Waals surface area (Å²) in [6.45, 7) is 0.844. The summed E-state index contributed by atoms with van der Waals surface area (Å²) >= 11 is 1.28. The van der Waals surface area contributed by atoms with E-state index in [-0.39, 0.29) is 24.3 Å². The van der Waals surface area contributed by atoms with Crippen molar-refractivity contribution >= 4 is 27.0 Å². The zero-order valence-corrected chi connectivity index (χ0v) is 18.7. The summed E-state index contributed by atoms with van der Waals surface area (Å²) in [6.07, 6.45) is -3.89. The zero-order valence-electron chi connectivity index (χ0n) is 17.1. The molecule has 1 aromatic carbocycles. The number of nitrogens with zero attached hydrogens (tertiary/aromatic N) is 2. The molecule has 31 heavy (non-hydrogen) atoms. The number of aromatic nitrogens is 1. The molecular weight excluding hydrogens is 453 g/mol. The van der Waals surface area contributed by atoms with Crippen molar-refractivity contribution in [3.05, 3.63) is 39.8 Å². The number of benzene rings is 1. The van der Waals surface area contributed by atoms with Crippen LogP contribution < -0.4 is 10.0 Å². The van der Waals surface area contributed by atoms with Crippen LogP contribution in [0, 0.1) is 5.92 Å². The molecule has 0 unspecified atom stereocenters. The van der Waals surface area contributed by atoms with E-state index in [0.29, 0.717) is 37.0 Å². The van der Waals surface area contributed by atoms with Crippen molar-refractivity contribution in [2.45, 2.75) is 43.1 Å². The van der Waals surface area contributed by atoms with E-state index in [1.54, 1.807) is 0 Å². The van der Waals surface area contributed by atoms with Crippen molar-refractivity contribution in [3.8, 4) is 0 Å². The van der Waals surface area contributed by atoms with Crippen molar-refractivity contribution < 1.29 is 26.7 Å². The summed E-state index contributed by atoms with van der Waals surface area (Å²) in [4.78, 5) is 5.80. The molecule has 0 amide bonds. The average Bonchev–Trinajstić information content (AvgIpc) is 3.08. The first-order chi connectivity index (χ1) is 14.4. The number of halogens is 3. The molecule has 2 aromatic rings. The van der Waals surface area contributed by atoms with E-state index < -0.39 is 26.7 Å². The molecule has 0 atom stereocenters. The van der Waals surface area contributed by atoms with Gasteiger partial charge in [-0.15, -0.1) is 11.3 Å². The third-order valence-corrected chi connectivity index (χ3v) is 7.22. The van der Waals surface area contributed by atoms with Crippen LogP contribution in [0.25, 0.3) is 0 Å². The second-order valence-corrected chi connectivity index (χ2v) is 10.6. The smallest absolute Gasteiger partial charge is 0.393 e. The van der Waals surface area contributed by atoms with Crippen molar-refractivity contribution in [1.82, 2.24) is 14.6 Å². The Kier molecular flexibility index (Phi) is 7.26. The minimum Gasteiger partial charge on any atom is -0.393 e. The molecule has 0 radical (unpaired) electrons. The quantitative estimate of drug-likeness (QED) is 0.513. The third kappa shape index (κ3) is 6.39. The Morgan fingerprint density at radius 3 is 2.61 bits per heavy atom. The van der Waals surface area contributed by atoms with E-state index in [0.717, 1.165) is 17.8 Å². The summed E-state index contributed by atoms with van der Waals surface area (Å²) in [7, 11) is -0.472. The number of nitrogens with one attached hydrogen (secondary N) is 2. The predicted octanol–water partition coefficient (Wildman–Crippen LogP) is 2.88. The van der Waals surface area contributed by atoms with Gasteiger partial charge in [-0.25, -0.2) is 18.1 Å². The van der Waals surface area contributed by atoms with Gasteiger partial charge in [-0.2, -0.15) is 13.2 Å². The number of thiazole rings is 1. The average molecular weight is 479 g/mol. The van der Waals surface area contributed by atoms with Crippen molar-refractivity contribution in [2.75, 3.05) is 26.0 Å². The fourth-order valence-corrected chi connectivity index (χ4v) is 5.26. The van der Waals surface area contributed by atoms with Gasteiger partial charge in [0.25, 0.3) is 0 Å². The first-order valence-corrected chi connectivity index (χ1v) is 12.0. The molecule has 3 rings (SSSR count). The maximum atomic E-state index is 13.2. The second kappa shape index (κ2) is 9.41. The second-order valence-electron chi connectivity index (χ2n) is 7.88. The summed E-state index contributed by atoms with van der Waals surface area (Å²) in [6, 6.07) is 2.62. The Balaban J connectivity index is 1.78. The summed E-state index contributed by atoms with van der Waals surface area (Å²) in [5.74, 6) is 0.145. The Morgan fingerprint density at radius 2 is 2.00 bits per heavy atom. The molecule has 1 heterocycles. The number of aliphatic hydroxyl groups excluding tert-OH is 1. The first-order valence-electron chi connectivity index (χ1n) is 9.65. The van der Waals surface area contributed by atoms with Gasteiger partial charge in [0, 0.05) is 18.5 Å². The predicted molar refractivity (Wildman–Crippen MR) is 112 cm³/mol. The maximum absolute atomic E-state index is 13.2. The minimum atomic E-state index is -4.67. The molecule has 0 bridgehead atoms. The fourth-order valence-electron chi connectivity index (χ4n) is 3.25. The van der Waals surface area contributed by atoms with Gasteiger partial charge in [0.1, 0.15) is 9.90 Å². The highest BCUT2D eigenvalue weighted by Gasteiger charge is 2.33. The SMILES string of the molecule is CN(C)Cc1csc(CNS(=O)(=O)c2cc(C(F)(F)F)ccc2NCC2CC(O)C2)n1. The Morgan fingerprint density at radius 1 is 1.29 bits per heavy atom. The van der Waals surface area contributed by atoms with E-state index in [2.05, 4.69) is 15.0 Å². The zero-order chi connectivity index (χ0) is 22.8. The van der Waals surface area contributed by atoms with Gasteiger partial charge < -0.3 is 15.3 Å². The lowest BCUT2D eigenvalue weighted by molar-refractivity contribution is -0.137. The fraction of sp³-hybridized carbons (Fsp3) is 0.526. The summed E-state index contributed by atoms with van der Waals surface area (Å²) in [5.41, 5.74) is -0.164. The highest BCUT2D eigenvalue weighted by atomic mass is 32.2. The summed E-state index contributed by atoms with van der Waals surface area (Å²) < 4.78 is 67.7. The molecule has 1 saturated carbocycles. The van der Waals surface area contributed by atoms with Crippen LogP contribution in [0.15, 0.2) is 28.5 Å². The van der Waals surface area contributed by atoms with E-state index in [4.69, 9.17) is 0 Å². The molecule has 0 saturated heterocycles. The monoisotopic (exact) mass is 478 g/mol. The van der Waals surface area contributed by atoms with Gasteiger partial charge in [-0.05, 0) is 51.1 Å². The number of anilines is 1.